The van der Waals surface area contributed by atoms with Crippen molar-refractivity contribution in [3.8, 4) is 11.5 Å². The molecule has 0 aliphatic carbocycles. The molecule has 0 spiro atoms. The van der Waals surface area contributed by atoms with Gasteiger partial charge in [-0.25, -0.2) is 0 Å². The number of hydrogen-bond acceptors (Lipinski definition) is 4. The maximum absolute atomic E-state index is 12.8. The summed E-state index contributed by atoms with van der Waals surface area (Å²) < 4.78 is 11.2. The average molecular weight is 385 g/mol. The van der Waals surface area contributed by atoms with Gasteiger partial charge in [0.2, 0.25) is 0 Å². The van der Waals surface area contributed by atoms with E-state index in [2.05, 4.69) is 19.2 Å². The number of nitrogens with one attached hydrogen (secondary N) is 1. The summed E-state index contributed by atoms with van der Waals surface area (Å²) in [5, 5.41) is 3.40. The Morgan fingerprint density at radius 3 is 2.58 bits per heavy atom. The summed E-state index contributed by atoms with van der Waals surface area (Å²) in [7, 11) is 1.61. The Kier molecular flexibility index (Phi) is 10.4. The molecule has 1 aromatic rings. The van der Waals surface area contributed by atoms with Crippen molar-refractivity contribution in [3.63, 3.8) is 0 Å². The summed E-state index contributed by atoms with van der Waals surface area (Å²) in [4.78, 5) is 14.7. The van der Waals surface area contributed by atoms with Gasteiger partial charge in [0.05, 0.1) is 13.7 Å². The molecule has 148 valence electrons. The molecule has 0 aromatic heterocycles. The first-order valence-corrected chi connectivity index (χ1v) is 9.50. The smallest absolute Gasteiger partial charge is 0.253 e. The van der Waals surface area contributed by atoms with Gasteiger partial charge in [-0.05, 0) is 56.5 Å². The number of piperidine rings is 1. The van der Waals surface area contributed by atoms with Crippen LogP contribution in [0.2, 0.25) is 0 Å². The molecule has 0 radical (unpaired) electrons. The van der Waals surface area contributed by atoms with Crippen LogP contribution < -0.4 is 14.8 Å². The summed E-state index contributed by atoms with van der Waals surface area (Å²) in [5.41, 5.74) is 0.671. The van der Waals surface area contributed by atoms with Gasteiger partial charge < -0.3 is 19.7 Å². The van der Waals surface area contributed by atoms with Gasteiger partial charge >= 0.3 is 0 Å². The normalized spacial score (nSPS) is 14.7. The lowest BCUT2D eigenvalue weighted by Crippen LogP contribution is -2.40. The van der Waals surface area contributed by atoms with Crippen molar-refractivity contribution in [2.45, 2.75) is 39.5 Å². The summed E-state index contributed by atoms with van der Waals surface area (Å²) in [6.45, 7) is 8.63. The minimum atomic E-state index is 0. The van der Waals surface area contributed by atoms with E-state index in [0.717, 1.165) is 51.9 Å². The number of hydrogen-bond donors (Lipinski definition) is 1. The van der Waals surface area contributed by atoms with E-state index >= 15 is 0 Å². The number of amides is 1. The Hall–Kier alpha value is -1.46. The van der Waals surface area contributed by atoms with Crippen LogP contribution in [-0.2, 0) is 0 Å². The van der Waals surface area contributed by atoms with Crippen LogP contribution in [0.4, 0.5) is 0 Å². The molecule has 6 heteroatoms. The van der Waals surface area contributed by atoms with Gasteiger partial charge in [-0.3, -0.25) is 4.79 Å². The van der Waals surface area contributed by atoms with E-state index in [1.54, 1.807) is 13.2 Å². The van der Waals surface area contributed by atoms with Crippen molar-refractivity contribution in [3.05, 3.63) is 23.8 Å². The van der Waals surface area contributed by atoms with E-state index in [0.29, 0.717) is 29.6 Å². The summed E-state index contributed by atoms with van der Waals surface area (Å²) in [6, 6.07) is 5.49. The molecule has 0 unspecified atom stereocenters. The zero-order chi connectivity index (χ0) is 18.1. The fourth-order valence-electron chi connectivity index (χ4n) is 3.12. The first kappa shape index (κ1) is 22.6. The fourth-order valence-corrected chi connectivity index (χ4v) is 3.12. The molecule has 1 aliphatic rings. The molecule has 0 bridgehead atoms. The van der Waals surface area contributed by atoms with Crippen molar-refractivity contribution in [1.82, 2.24) is 10.2 Å². The molecule has 26 heavy (non-hydrogen) atoms. The number of unbranched alkanes of at least 4 members (excludes halogenated alkanes) is 1. The average Bonchev–Trinajstić information content (AvgIpc) is 2.66. The maximum Gasteiger partial charge on any atom is 0.253 e. The van der Waals surface area contributed by atoms with Crippen molar-refractivity contribution in [2.75, 3.05) is 39.9 Å². The van der Waals surface area contributed by atoms with Gasteiger partial charge in [0.1, 0.15) is 0 Å². The highest BCUT2D eigenvalue weighted by Gasteiger charge is 2.24. The standard InChI is InChI=1S/C20H32N2O3.ClH/c1-4-6-13-25-18-8-7-17(14-19(18)24-3)20(23)22-11-9-16(10-12-22)15-21-5-2;/h7-8,14,16,21H,4-6,9-13,15H2,1-3H3;1H. The van der Waals surface area contributed by atoms with E-state index < -0.39 is 0 Å². The minimum Gasteiger partial charge on any atom is -0.493 e. The molecule has 5 nitrogen and oxygen atoms in total. The van der Waals surface area contributed by atoms with Crippen LogP contribution in [0.15, 0.2) is 18.2 Å². The Labute approximate surface area is 163 Å². The highest BCUT2D eigenvalue weighted by molar-refractivity contribution is 5.95. The SMILES string of the molecule is CCCCOc1ccc(C(=O)N2CCC(CNCC)CC2)cc1OC.Cl. The van der Waals surface area contributed by atoms with Crippen LogP contribution in [0, 0.1) is 5.92 Å². The van der Waals surface area contributed by atoms with Gasteiger partial charge in [-0.1, -0.05) is 20.3 Å². The number of carbonyl (C=O) groups is 1. The lowest BCUT2D eigenvalue weighted by atomic mass is 9.96. The number of likely N-dealkylation sites (tertiary alicyclic amines) is 1. The molecule has 1 amide bonds. The molecule has 2 rings (SSSR count). The van der Waals surface area contributed by atoms with Crippen LogP contribution in [0.25, 0.3) is 0 Å². The fraction of sp³-hybridized carbons (Fsp3) is 0.650. The Morgan fingerprint density at radius 2 is 1.96 bits per heavy atom. The van der Waals surface area contributed by atoms with Gasteiger partial charge in [0.25, 0.3) is 5.91 Å². The van der Waals surface area contributed by atoms with E-state index in [-0.39, 0.29) is 18.3 Å². The molecule has 1 fully saturated rings. The van der Waals surface area contributed by atoms with Crippen LogP contribution in [-0.4, -0.2) is 50.7 Å². The zero-order valence-corrected chi connectivity index (χ0v) is 17.1. The number of rotatable bonds is 9. The van der Waals surface area contributed by atoms with Crippen molar-refractivity contribution >= 4 is 18.3 Å². The quantitative estimate of drug-likeness (QED) is 0.658. The van der Waals surface area contributed by atoms with Gasteiger partial charge in [-0.2, -0.15) is 0 Å². The predicted octanol–water partition coefficient (Wildman–Crippen LogP) is 3.76. The molecule has 0 saturated carbocycles. The second-order valence-corrected chi connectivity index (χ2v) is 6.61. The Balaban J connectivity index is 0.00000338. The molecule has 1 heterocycles. The van der Waals surface area contributed by atoms with Crippen LogP contribution in [0.3, 0.4) is 0 Å². The van der Waals surface area contributed by atoms with Crippen molar-refractivity contribution < 1.29 is 14.3 Å². The third-order valence-electron chi connectivity index (χ3n) is 4.75. The third kappa shape index (κ3) is 6.36. The molecule has 1 N–H and O–H groups in total. The lowest BCUT2D eigenvalue weighted by molar-refractivity contribution is 0.0690. The monoisotopic (exact) mass is 384 g/mol. The summed E-state index contributed by atoms with van der Waals surface area (Å²) in [6.07, 6.45) is 4.22. The van der Waals surface area contributed by atoms with Crippen LogP contribution in [0.5, 0.6) is 11.5 Å². The first-order chi connectivity index (χ1) is 12.2. The molecule has 0 atom stereocenters. The number of nitrogens with zero attached hydrogens (tertiary/aromatic N) is 1. The molecule has 1 aliphatic heterocycles. The highest BCUT2D eigenvalue weighted by Crippen LogP contribution is 2.29. The van der Waals surface area contributed by atoms with Crippen molar-refractivity contribution in [1.29, 1.82) is 0 Å². The third-order valence-corrected chi connectivity index (χ3v) is 4.75. The highest BCUT2D eigenvalue weighted by atomic mass is 35.5. The number of ether oxygens (including phenoxy) is 2. The van der Waals surface area contributed by atoms with Gasteiger partial charge in [0.15, 0.2) is 11.5 Å². The molecule has 1 aromatic carbocycles. The number of benzene rings is 1. The number of halogens is 1. The molecule has 1 saturated heterocycles. The maximum atomic E-state index is 12.8. The van der Waals surface area contributed by atoms with Crippen molar-refractivity contribution in [2.24, 2.45) is 5.92 Å². The Morgan fingerprint density at radius 1 is 1.23 bits per heavy atom. The van der Waals surface area contributed by atoms with E-state index in [4.69, 9.17) is 9.47 Å². The van der Waals surface area contributed by atoms with E-state index in [1.807, 2.05) is 17.0 Å². The molecular weight excluding hydrogens is 352 g/mol. The minimum absolute atomic E-state index is 0. The first-order valence-electron chi connectivity index (χ1n) is 9.50. The largest absolute Gasteiger partial charge is 0.493 e. The molecular formula is C20H33ClN2O3. The van der Waals surface area contributed by atoms with Crippen LogP contribution >= 0.6 is 12.4 Å². The second-order valence-electron chi connectivity index (χ2n) is 6.61. The number of carbonyl (C=O) groups excluding carboxylic acids is 1. The predicted molar refractivity (Wildman–Crippen MR) is 108 cm³/mol. The van der Waals surface area contributed by atoms with Gasteiger partial charge in [0, 0.05) is 18.7 Å². The van der Waals surface area contributed by atoms with E-state index in [9.17, 15) is 4.79 Å². The second kappa shape index (κ2) is 12.0. The number of methoxy groups -OCH3 is 1. The lowest BCUT2D eigenvalue weighted by Gasteiger charge is -2.32. The van der Waals surface area contributed by atoms with Crippen LogP contribution in [0.1, 0.15) is 49.9 Å². The summed E-state index contributed by atoms with van der Waals surface area (Å²) >= 11 is 0. The Bertz CT molecular complexity index is 546. The zero-order valence-electron chi connectivity index (χ0n) is 16.3. The van der Waals surface area contributed by atoms with Gasteiger partial charge in [-0.15, -0.1) is 12.4 Å². The summed E-state index contributed by atoms with van der Waals surface area (Å²) in [5.74, 6) is 2.09. The topological polar surface area (TPSA) is 50.8 Å². The van der Waals surface area contributed by atoms with E-state index in [1.165, 1.54) is 0 Å².